The predicted octanol–water partition coefficient (Wildman–Crippen LogP) is 5.11. The van der Waals surface area contributed by atoms with Crippen LogP contribution in [0.2, 0.25) is 0 Å². The molecule has 1 fully saturated rings. The third kappa shape index (κ3) is 3.50. The zero-order valence-corrected chi connectivity index (χ0v) is 17.2. The lowest BCUT2D eigenvalue weighted by atomic mass is 10.1. The van der Waals surface area contributed by atoms with Gasteiger partial charge in [-0.1, -0.05) is 60.2 Å². The summed E-state index contributed by atoms with van der Waals surface area (Å²) in [5, 5.41) is 0. The number of carbonyl (C=O) groups is 1. The van der Waals surface area contributed by atoms with Crippen molar-refractivity contribution in [2.75, 3.05) is 11.4 Å². The number of benzene rings is 3. The van der Waals surface area contributed by atoms with Gasteiger partial charge >= 0.3 is 0 Å². The molecule has 0 aliphatic carbocycles. The van der Waals surface area contributed by atoms with Crippen LogP contribution in [0.5, 0.6) is 0 Å². The summed E-state index contributed by atoms with van der Waals surface area (Å²) in [6, 6.07) is 27.0. The van der Waals surface area contributed by atoms with Crippen LogP contribution >= 0.6 is 0 Å². The van der Waals surface area contributed by atoms with Gasteiger partial charge in [0.1, 0.15) is 5.82 Å². The Bertz CT molecular complexity index is 1180. The number of aromatic nitrogens is 2. The summed E-state index contributed by atoms with van der Waals surface area (Å²) in [4.78, 5) is 19.7. The Morgan fingerprint density at radius 2 is 1.67 bits per heavy atom. The molecule has 0 unspecified atom stereocenters. The summed E-state index contributed by atoms with van der Waals surface area (Å²) >= 11 is 0. The number of carbonyl (C=O) groups excluding carboxylic acids is 1. The Balaban J connectivity index is 1.46. The van der Waals surface area contributed by atoms with Crippen molar-refractivity contribution in [1.82, 2.24) is 9.55 Å². The third-order valence-electron chi connectivity index (χ3n) is 5.99. The molecule has 1 aromatic heterocycles. The minimum Gasteiger partial charge on any atom is -0.327 e. The number of fused-ring (bicyclic) bond motifs is 1. The molecule has 1 aliphatic heterocycles. The maximum atomic E-state index is 12.8. The smallest absolute Gasteiger partial charge is 0.227 e. The molecule has 0 saturated carbocycles. The van der Waals surface area contributed by atoms with Crippen molar-refractivity contribution in [3.63, 3.8) is 0 Å². The van der Waals surface area contributed by atoms with Gasteiger partial charge in [-0.05, 0) is 43.2 Å². The molecule has 5 rings (SSSR count). The topological polar surface area (TPSA) is 38.1 Å². The Morgan fingerprint density at radius 1 is 0.933 bits per heavy atom. The van der Waals surface area contributed by atoms with E-state index < -0.39 is 0 Å². The van der Waals surface area contributed by atoms with Gasteiger partial charge < -0.3 is 9.47 Å². The summed E-state index contributed by atoms with van der Waals surface area (Å²) in [5.74, 6) is 1.29. The van der Waals surface area contributed by atoms with Crippen LogP contribution in [-0.4, -0.2) is 22.0 Å². The van der Waals surface area contributed by atoms with Gasteiger partial charge in [-0.3, -0.25) is 4.79 Å². The van der Waals surface area contributed by atoms with E-state index in [1.807, 2.05) is 29.2 Å². The monoisotopic (exact) mass is 395 g/mol. The van der Waals surface area contributed by atoms with E-state index in [0.717, 1.165) is 35.5 Å². The van der Waals surface area contributed by atoms with Crippen LogP contribution in [0.3, 0.4) is 0 Å². The van der Waals surface area contributed by atoms with E-state index in [1.165, 1.54) is 11.1 Å². The van der Waals surface area contributed by atoms with Crippen molar-refractivity contribution in [2.45, 2.75) is 32.2 Å². The molecule has 150 valence electrons. The number of aryl methyl sites for hydroxylation is 3. The van der Waals surface area contributed by atoms with E-state index in [4.69, 9.17) is 4.98 Å². The van der Waals surface area contributed by atoms with Gasteiger partial charge in [-0.2, -0.15) is 0 Å². The molecule has 30 heavy (non-hydrogen) atoms. The van der Waals surface area contributed by atoms with Crippen molar-refractivity contribution in [3.8, 4) is 0 Å². The Hall–Kier alpha value is -3.40. The molecule has 1 aliphatic rings. The summed E-state index contributed by atoms with van der Waals surface area (Å²) in [7, 11) is 0. The Kier molecular flexibility index (Phi) is 4.83. The first-order valence-corrected chi connectivity index (χ1v) is 10.5. The van der Waals surface area contributed by atoms with Gasteiger partial charge in [0, 0.05) is 31.1 Å². The lowest BCUT2D eigenvalue weighted by Crippen LogP contribution is -2.24. The Labute approximate surface area is 176 Å². The lowest BCUT2D eigenvalue weighted by Gasteiger charge is -2.17. The van der Waals surface area contributed by atoms with E-state index in [-0.39, 0.29) is 11.8 Å². The molecule has 4 heteroatoms. The molecule has 4 nitrogen and oxygen atoms in total. The largest absolute Gasteiger partial charge is 0.327 e. The van der Waals surface area contributed by atoms with Crippen LogP contribution in [0.15, 0.2) is 78.9 Å². The van der Waals surface area contributed by atoms with E-state index in [2.05, 4.69) is 66.1 Å². The molecular weight excluding hydrogens is 370 g/mol. The highest BCUT2D eigenvalue weighted by atomic mass is 16.2. The number of hydrogen-bond donors (Lipinski definition) is 0. The number of amides is 1. The standard InChI is InChI=1S/C26H25N3O/c1-19-11-13-22(14-12-19)29-18-21(17-25(29)30)26-27-23-9-5-6-10-24(23)28(26)16-15-20-7-3-2-4-8-20/h2-14,21H,15-18H2,1H3/t21-/m1/s1. The van der Waals surface area contributed by atoms with Gasteiger partial charge in [-0.15, -0.1) is 0 Å². The average molecular weight is 396 g/mol. The highest BCUT2D eigenvalue weighted by Gasteiger charge is 2.34. The van der Waals surface area contributed by atoms with Crippen molar-refractivity contribution < 1.29 is 4.79 Å². The second kappa shape index (κ2) is 7.79. The first kappa shape index (κ1) is 18.6. The van der Waals surface area contributed by atoms with E-state index in [1.54, 1.807) is 0 Å². The molecular formula is C26H25N3O. The SMILES string of the molecule is Cc1ccc(N2C[C@H](c3nc4ccccc4n3CCc3ccccc3)CC2=O)cc1. The minimum absolute atomic E-state index is 0.0991. The summed E-state index contributed by atoms with van der Waals surface area (Å²) in [5.41, 5.74) is 5.63. The van der Waals surface area contributed by atoms with Gasteiger partial charge in [0.2, 0.25) is 5.91 Å². The van der Waals surface area contributed by atoms with Crippen LogP contribution in [-0.2, 0) is 17.8 Å². The Morgan fingerprint density at radius 3 is 2.47 bits per heavy atom. The maximum absolute atomic E-state index is 12.8. The fourth-order valence-electron chi connectivity index (χ4n) is 4.38. The molecule has 1 saturated heterocycles. The quantitative estimate of drug-likeness (QED) is 0.471. The average Bonchev–Trinajstić information content (AvgIpc) is 3.34. The highest BCUT2D eigenvalue weighted by Crippen LogP contribution is 2.33. The summed E-state index contributed by atoms with van der Waals surface area (Å²) < 4.78 is 2.32. The van der Waals surface area contributed by atoms with Crippen molar-refractivity contribution in [2.24, 2.45) is 0 Å². The zero-order valence-electron chi connectivity index (χ0n) is 17.2. The second-order valence-corrected chi connectivity index (χ2v) is 8.09. The number of rotatable bonds is 5. The molecule has 1 amide bonds. The minimum atomic E-state index is 0.0991. The van der Waals surface area contributed by atoms with Gasteiger partial charge in [0.15, 0.2) is 0 Å². The zero-order chi connectivity index (χ0) is 20.5. The van der Waals surface area contributed by atoms with Crippen LogP contribution in [0, 0.1) is 6.92 Å². The summed E-state index contributed by atoms with van der Waals surface area (Å²) in [6.45, 7) is 3.60. The molecule has 2 heterocycles. The lowest BCUT2D eigenvalue weighted by molar-refractivity contribution is -0.117. The van der Waals surface area contributed by atoms with Crippen molar-refractivity contribution in [1.29, 1.82) is 0 Å². The van der Waals surface area contributed by atoms with Gasteiger partial charge in [0.25, 0.3) is 0 Å². The van der Waals surface area contributed by atoms with E-state index in [0.29, 0.717) is 13.0 Å². The second-order valence-electron chi connectivity index (χ2n) is 8.09. The number of anilines is 1. The van der Waals surface area contributed by atoms with Crippen LogP contribution < -0.4 is 4.90 Å². The van der Waals surface area contributed by atoms with Crippen molar-refractivity contribution in [3.05, 3.63) is 95.8 Å². The fraction of sp³-hybridized carbons (Fsp3) is 0.231. The molecule has 0 spiro atoms. The van der Waals surface area contributed by atoms with Crippen LogP contribution in [0.4, 0.5) is 5.69 Å². The van der Waals surface area contributed by atoms with Crippen molar-refractivity contribution >= 4 is 22.6 Å². The number of imidazole rings is 1. The first-order chi connectivity index (χ1) is 14.7. The fourth-order valence-corrected chi connectivity index (χ4v) is 4.38. The number of para-hydroxylation sites is 2. The number of hydrogen-bond acceptors (Lipinski definition) is 2. The van der Waals surface area contributed by atoms with Gasteiger partial charge in [-0.25, -0.2) is 4.98 Å². The van der Waals surface area contributed by atoms with Crippen LogP contribution in [0.1, 0.15) is 29.3 Å². The van der Waals surface area contributed by atoms with Gasteiger partial charge in [0.05, 0.1) is 11.0 Å². The highest BCUT2D eigenvalue weighted by molar-refractivity contribution is 5.96. The molecule has 0 bridgehead atoms. The predicted molar refractivity (Wildman–Crippen MR) is 121 cm³/mol. The third-order valence-corrected chi connectivity index (χ3v) is 5.99. The van der Waals surface area contributed by atoms with E-state index >= 15 is 0 Å². The molecule has 3 aromatic carbocycles. The molecule has 0 radical (unpaired) electrons. The first-order valence-electron chi connectivity index (χ1n) is 10.5. The number of nitrogens with zero attached hydrogens (tertiary/aromatic N) is 3. The molecule has 4 aromatic rings. The van der Waals surface area contributed by atoms with Crippen LogP contribution in [0.25, 0.3) is 11.0 Å². The molecule has 1 atom stereocenters. The summed E-state index contributed by atoms with van der Waals surface area (Å²) in [6.07, 6.45) is 1.44. The normalized spacial score (nSPS) is 16.5. The maximum Gasteiger partial charge on any atom is 0.227 e. The van der Waals surface area contributed by atoms with E-state index in [9.17, 15) is 4.79 Å². The molecule has 0 N–H and O–H groups in total.